The van der Waals surface area contributed by atoms with Crippen LogP contribution in [0.25, 0.3) is 11.0 Å². The number of fused-ring (bicyclic) bond motifs is 2. The second-order valence-electron chi connectivity index (χ2n) is 6.78. The fourth-order valence-corrected chi connectivity index (χ4v) is 4.37. The molecule has 0 saturated heterocycles. The second-order valence-corrected chi connectivity index (χ2v) is 7.64. The van der Waals surface area contributed by atoms with Gasteiger partial charge in [0.1, 0.15) is 17.1 Å². The molecule has 0 saturated carbocycles. The van der Waals surface area contributed by atoms with Gasteiger partial charge in [0, 0.05) is 21.5 Å². The van der Waals surface area contributed by atoms with E-state index in [2.05, 4.69) is 15.9 Å². The van der Waals surface area contributed by atoms with Crippen molar-refractivity contribution in [2.24, 2.45) is 0 Å². The molecule has 0 aliphatic heterocycles. The van der Waals surface area contributed by atoms with Crippen LogP contribution in [-0.4, -0.2) is 17.7 Å². The number of rotatable bonds is 6. The van der Waals surface area contributed by atoms with Crippen LogP contribution in [0.2, 0.25) is 0 Å². The quantitative estimate of drug-likeness (QED) is 0.561. The van der Waals surface area contributed by atoms with E-state index in [1.807, 2.05) is 12.1 Å². The third-order valence-corrected chi connectivity index (χ3v) is 5.84. The normalized spacial score (nSPS) is 15.9. The highest BCUT2D eigenvalue weighted by atomic mass is 79.9. The van der Waals surface area contributed by atoms with Gasteiger partial charge in [0.15, 0.2) is 0 Å². The van der Waals surface area contributed by atoms with E-state index in [1.54, 1.807) is 12.1 Å². The van der Waals surface area contributed by atoms with Crippen molar-refractivity contribution in [1.82, 2.24) is 0 Å². The highest BCUT2D eigenvalue weighted by Crippen LogP contribution is 2.40. The van der Waals surface area contributed by atoms with Crippen LogP contribution < -0.4 is 4.74 Å². The molecular formula is C21H18BrFO4. The standard InChI is InChI=1S/C21H18BrFO4/c22-17-5-6-18(23)21-12(1-3-16(17)21)7-8-26-14-2-4-15-13(9-20(24)25)11-27-19(15)10-14/h2,4-6,10-12H,1,3,7-9H2,(H,24,25)/t12-/m0/s1. The van der Waals surface area contributed by atoms with Crippen molar-refractivity contribution in [1.29, 1.82) is 0 Å². The minimum Gasteiger partial charge on any atom is -0.493 e. The summed E-state index contributed by atoms with van der Waals surface area (Å²) in [6, 6.07) is 8.67. The van der Waals surface area contributed by atoms with Gasteiger partial charge in [-0.05, 0) is 60.6 Å². The maximum Gasteiger partial charge on any atom is 0.307 e. The van der Waals surface area contributed by atoms with E-state index in [0.29, 0.717) is 23.5 Å². The number of carbonyl (C=O) groups is 1. The van der Waals surface area contributed by atoms with Crippen molar-refractivity contribution < 1.29 is 23.4 Å². The number of aliphatic carboxylic acids is 1. The minimum atomic E-state index is -0.895. The monoisotopic (exact) mass is 432 g/mol. The van der Waals surface area contributed by atoms with Crippen molar-refractivity contribution in [3.8, 4) is 5.75 Å². The molecule has 1 aliphatic carbocycles. The molecule has 140 valence electrons. The summed E-state index contributed by atoms with van der Waals surface area (Å²) >= 11 is 3.51. The Hall–Kier alpha value is -2.34. The number of halogens is 2. The third-order valence-electron chi connectivity index (χ3n) is 5.10. The van der Waals surface area contributed by atoms with Gasteiger partial charge in [-0.2, -0.15) is 0 Å². The minimum absolute atomic E-state index is 0.0740. The molecule has 0 unspecified atom stereocenters. The van der Waals surface area contributed by atoms with Crippen LogP contribution in [0, 0.1) is 5.82 Å². The first-order valence-electron chi connectivity index (χ1n) is 8.84. The molecule has 0 radical (unpaired) electrons. The number of benzene rings is 2. The van der Waals surface area contributed by atoms with Crippen LogP contribution in [0.4, 0.5) is 4.39 Å². The number of carboxylic acids is 1. The molecule has 4 nitrogen and oxygen atoms in total. The van der Waals surface area contributed by atoms with Gasteiger partial charge < -0.3 is 14.3 Å². The molecule has 0 amide bonds. The summed E-state index contributed by atoms with van der Waals surface area (Å²) in [5.41, 5.74) is 3.13. The van der Waals surface area contributed by atoms with Crippen LogP contribution in [-0.2, 0) is 17.6 Å². The lowest BCUT2D eigenvalue weighted by molar-refractivity contribution is -0.136. The van der Waals surface area contributed by atoms with Crippen LogP contribution in [0.1, 0.15) is 35.4 Å². The summed E-state index contributed by atoms with van der Waals surface area (Å²) < 4.78 is 26.5. The Bertz CT molecular complexity index is 1010. The molecule has 27 heavy (non-hydrogen) atoms. The zero-order valence-electron chi connectivity index (χ0n) is 14.5. The van der Waals surface area contributed by atoms with Crippen LogP contribution in [0.5, 0.6) is 5.75 Å². The van der Waals surface area contributed by atoms with Gasteiger partial charge in [-0.25, -0.2) is 4.39 Å². The molecule has 1 N–H and O–H groups in total. The highest BCUT2D eigenvalue weighted by Gasteiger charge is 2.27. The molecule has 3 aromatic rings. The topological polar surface area (TPSA) is 59.7 Å². The van der Waals surface area contributed by atoms with Crippen molar-refractivity contribution in [3.63, 3.8) is 0 Å². The summed E-state index contributed by atoms with van der Waals surface area (Å²) in [6.07, 6.45) is 3.94. The maximum absolute atomic E-state index is 14.2. The van der Waals surface area contributed by atoms with Crippen LogP contribution in [0.15, 0.2) is 45.5 Å². The van der Waals surface area contributed by atoms with E-state index in [-0.39, 0.29) is 18.2 Å². The summed E-state index contributed by atoms with van der Waals surface area (Å²) in [5.74, 6) is -0.217. The van der Waals surface area contributed by atoms with Crippen LogP contribution >= 0.6 is 15.9 Å². The van der Waals surface area contributed by atoms with E-state index < -0.39 is 5.97 Å². The van der Waals surface area contributed by atoms with Crippen molar-refractivity contribution in [3.05, 3.63) is 63.6 Å². The Labute approximate surface area is 164 Å². The Kier molecular flexibility index (Phi) is 4.91. The van der Waals surface area contributed by atoms with E-state index in [0.717, 1.165) is 40.2 Å². The molecule has 0 spiro atoms. The van der Waals surface area contributed by atoms with Gasteiger partial charge in [0.25, 0.3) is 0 Å². The average Bonchev–Trinajstić information content (AvgIpc) is 3.23. The van der Waals surface area contributed by atoms with Crippen molar-refractivity contribution >= 4 is 32.9 Å². The predicted molar refractivity (Wildman–Crippen MR) is 103 cm³/mol. The molecule has 1 aromatic heterocycles. The fourth-order valence-electron chi connectivity index (χ4n) is 3.83. The largest absolute Gasteiger partial charge is 0.493 e. The smallest absolute Gasteiger partial charge is 0.307 e. The van der Waals surface area contributed by atoms with Crippen LogP contribution in [0.3, 0.4) is 0 Å². The lowest BCUT2D eigenvalue weighted by atomic mass is 9.98. The molecule has 6 heteroatoms. The van der Waals surface area contributed by atoms with Gasteiger partial charge in [-0.3, -0.25) is 4.79 Å². The molecular weight excluding hydrogens is 415 g/mol. The van der Waals surface area contributed by atoms with E-state index >= 15 is 0 Å². The van der Waals surface area contributed by atoms with E-state index in [9.17, 15) is 9.18 Å². The predicted octanol–water partition coefficient (Wildman–Crippen LogP) is 5.46. The van der Waals surface area contributed by atoms with Gasteiger partial charge >= 0.3 is 5.97 Å². The zero-order valence-corrected chi connectivity index (χ0v) is 16.1. The van der Waals surface area contributed by atoms with Crippen molar-refractivity contribution in [2.75, 3.05) is 6.61 Å². The summed E-state index contributed by atoms with van der Waals surface area (Å²) in [4.78, 5) is 10.9. The third kappa shape index (κ3) is 3.58. The summed E-state index contributed by atoms with van der Waals surface area (Å²) in [5, 5.41) is 9.71. The van der Waals surface area contributed by atoms with Crippen molar-refractivity contribution in [2.45, 2.75) is 31.6 Å². The SMILES string of the molecule is O=C(O)Cc1coc2cc(OCC[C@@H]3CCc4c(Br)ccc(F)c43)ccc12. The Balaban J connectivity index is 1.42. The molecule has 0 bridgehead atoms. The maximum atomic E-state index is 14.2. The number of hydrogen-bond donors (Lipinski definition) is 1. The van der Waals surface area contributed by atoms with Gasteiger partial charge in [-0.1, -0.05) is 15.9 Å². The average molecular weight is 433 g/mol. The number of ether oxygens (including phenoxy) is 1. The molecule has 4 rings (SSSR count). The first-order valence-corrected chi connectivity index (χ1v) is 9.63. The summed E-state index contributed by atoms with van der Waals surface area (Å²) in [6.45, 7) is 0.476. The zero-order chi connectivity index (χ0) is 19.0. The fraction of sp³-hybridized carbons (Fsp3) is 0.286. The molecule has 2 aromatic carbocycles. The Morgan fingerprint density at radius 2 is 2.19 bits per heavy atom. The van der Waals surface area contributed by atoms with E-state index in [1.165, 1.54) is 12.3 Å². The van der Waals surface area contributed by atoms with Gasteiger partial charge in [0.05, 0.1) is 19.3 Å². The first-order chi connectivity index (χ1) is 13.0. The number of furan rings is 1. The molecule has 0 fully saturated rings. The van der Waals surface area contributed by atoms with E-state index in [4.69, 9.17) is 14.3 Å². The number of carboxylic acid groups (broad SMARTS) is 1. The molecule has 1 heterocycles. The Morgan fingerprint density at radius 1 is 1.33 bits per heavy atom. The van der Waals surface area contributed by atoms with Gasteiger partial charge in [-0.15, -0.1) is 0 Å². The highest BCUT2D eigenvalue weighted by molar-refractivity contribution is 9.10. The lowest BCUT2D eigenvalue weighted by Crippen LogP contribution is -2.05. The lowest BCUT2D eigenvalue weighted by Gasteiger charge is -2.14. The molecule has 1 aliphatic rings. The second kappa shape index (κ2) is 7.35. The Morgan fingerprint density at radius 3 is 3.00 bits per heavy atom. The summed E-state index contributed by atoms with van der Waals surface area (Å²) in [7, 11) is 0. The number of hydrogen-bond acceptors (Lipinski definition) is 3. The molecule has 1 atom stereocenters. The first kappa shape index (κ1) is 18.0. The van der Waals surface area contributed by atoms with Gasteiger partial charge in [0.2, 0.25) is 0 Å².